The second-order valence-corrected chi connectivity index (χ2v) is 16.4. The van der Waals surface area contributed by atoms with E-state index in [2.05, 4.69) is 219 Å². The third kappa shape index (κ3) is 5.15. The molecule has 10 aromatic rings. The fourth-order valence-corrected chi connectivity index (χ4v) is 11.0. The van der Waals surface area contributed by atoms with Crippen LogP contribution in [0.1, 0.15) is 51.3 Å². The van der Waals surface area contributed by atoms with Crippen molar-refractivity contribution in [3.8, 4) is 44.6 Å². The van der Waals surface area contributed by atoms with Gasteiger partial charge in [0.15, 0.2) is 0 Å². The molecule has 12 rings (SSSR count). The molecule has 2 aliphatic carbocycles. The van der Waals surface area contributed by atoms with E-state index >= 15 is 0 Å². The number of aromatic nitrogens is 1. The van der Waals surface area contributed by atoms with Gasteiger partial charge >= 0.3 is 0 Å². The number of benzene rings is 9. The van der Waals surface area contributed by atoms with Crippen molar-refractivity contribution in [2.45, 2.75) is 24.2 Å². The van der Waals surface area contributed by atoms with Crippen LogP contribution in [0.5, 0.6) is 0 Å². The zero-order valence-electron chi connectivity index (χ0n) is 33.2. The Morgan fingerprint density at radius 3 is 1.50 bits per heavy atom. The topological polar surface area (TPSA) is 12.9 Å². The minimum atomic E-state index is -0.448. The van der Waals surface area contributed by atoms with Gasteiger partial charge in [0, 0.05) is 23.2 Å². The van der Waals surface area contributed by atoms with Gasteiger partial charge in [0.2, 0.25) is 0 Å². The highest BCUT2D eigenvalue weighted by Crippen LogP contribution is 2.62. The Labute approximate surface area is 351 Å². The first-order valence-electron chi connectivity index (χ1n) is 21.2. The van der Waals surface area contributed by atoms with Crippen LogP contribution in [0.2, 0.25) is 0 Å². The zero-order valence-corrected chi connectivity index (χ0v) is 33.2. The van der Waals surface area contributed by atoms with Crippen molar-refractivity contribution in [3.05, 3.63) is 257 Å². The van der Waals surface area contributed by atoms with Crippen LogP contribution in [0.15, 0.2) is 219 Å². The van der Waals surface area contributed by atoms with Crippen LogP contribution in [-0.4, -0.2) is 4.98 Å². The Morgan fingerprint density at radius 1 is 0.383 bits per heavy atom. The largest absolute Gasteiger partial charge is 0.256 e. The van der Waals surface area contributed by atoms with Crippen molar-refractivity contribution < 1.29 is 0 Å². The van der Waals surface area contributed by atoms with E-state index in [-0.39, 0.29) is 0 Å². The number of pyridine rings is 1. The van der Waals surface area contributed by atoms with Crippen LogP contribution in [0.3, 0.4) is 0 Å². The normalized spacial score (nSPS) is 16.0. The van der Waals surface area contributed by atoms with Gasteiger partial charge < -0.3 is 0 Å². The van der Waals surface area contributed by atoms with Gasteiger partial charge in [0.05, 0.1) is 11.1 Å². The van der Waals surface area contributed by atoms with Crippen LogP contribution < -0.4 is 0 Å². The van der Waals surface area contributed by atoms with E-state index in [1.165, 1.54) is 88.3 Å². The monoisotopic (exact) mass is 763 g/mol. The molecular formula is C59H41N. The third-order valence-electron chi connectivity index (χ3n) is 13.4. The molecule has 1 aromatic heterocycles. The molecule has 0 amide bonds. The number of hydrogen-bond acceptors (Lipinski definition) is 1. The van der Waals surface area contributed by atoms with Crippen LogP contribution in [-0.2, 0) is 11.8 Å². The Bertz CT molecular complexity index is 3150. The second kappa shape index (κ2) is 13.9. The average Bonchev–Trinajstić information content (AvgIpc) is 3.61. The maximum absolute atomic E-state index is 5.28. The lowest BCUT2D eigenvalue weighted by molar-refractivity contribution is 0.627. The van der Waals surface area contributed by atoms with Gasteiger partial charge in [-0.2, -0.15) is 0 Å². The first kappa shape index (κ1) is 34.7. The summed E-state index contributed by atoms with van der Waals surface area (Å²) in [4.78, 5) is 5.28. The lowest BCUT2D eigenvalue weighted by atomic mass is 9.58. The number of hydrogen-bond donors (Lipinski definition) is 0. The molecule has 60 heavy (non-hydrogen) atoms. The summed E-state index contributed by atoms with van der Waals surface area (Å²) in [7, 11) is 0. The Hall–Kier alpha value is -7.35. The van der Waals surface area contributed by atoms with Gasteiger partial charge in [0.1, 0.15) is 0 Å². The maximum atomic E-state index is 5.28. The Kier molecular flexibility index (Phi) is 8.03. The first-order valence-corrected chi connectivity index (χ1v) is 21.2. The van der Waals surface area contributed by atoms with Crippen molar-refractivity contribution >= 4 is 21.5 Å². The van der Waals surface area contributed by atoms with Gasteiger partial charge in [-0.05, 0) is 113 Å². The molecule has 1 heteroatoms. The maximum Gasteiger partial charge on any atom is 0.0719 e. The lowest BCUT2D eigenvalue weighted by Crippen LogP contribution is -2.35. The van der Waals surface area contributed by atoms with Crippen molar-refractivity contribution in [2.24, 2.45) is 0 Å². The molecular weight excluding hydrogens is 723 g/mol. The molecule has 2 aliphatic rings. The minimum absolute atomic E-state index is 0.297. The summed E-state index contributed by atoms with van der Waals surface area (Å²) in [6.07, 6.45) is 4.17. The zero-order chi connectivity index (χ0) is 39.6. The van der Waals surface area contributed by atoms with Gasteiger partial charge in [0.25, 0.3) is 0 Å². The predicted molar refractivity (Wildman–Crippen MR) is 249 cm³/mol. The summed E-state index contributed by atoms with van der Waals surface area (Å²) in [5.74, 6) is 0.297. The summed E-state index contributed by atoms with van der Waals surface area (Å²) in [6.45, 7) is 0. The Morgan fingerprint density at radius 2 is 0.883 bits per heavy atom. The number of rotatable bonds is 6. The van der Waals surface area contributed by atoms with Crippen molar-refractivity contribution in [1.82, 2.24) is 4.98 Å². The lowest BCUT2D eigenvalue weighted by Gasteiger charge is -2.43. The van der Waals surface area contributed by atoms with E-state index in [9.17, 15) is 0 Å². The quantitative estimate of drug-likeness (QED) is 0.154. The molecule has 1 nitrogen and oxygen atoms in total. The molecule has 0 unspecified atom stereocenters. The van der Waals surface area contributed by atoms with Crippen LogP contribution in [0.4, 0.5) is 0 Å². The molecule has 0 atom stereocenters. The van der Waals surface area contributed by atoms with Gasteiger partial charge in [-0.15, -0.1) is 0 Å². The van der Waals surface area contributed by atoms with Crippen molar-refractivity contribution in [2.75, 3.05) is 0 Å². The summed E-state index contributed by atoms with van der Waals surface area (Å²) >= 11 is 0. The van der Waals surface area contributed by atoms with E-state index in [0.717, 1.165) is 29.7 Å². The summed E-state index contributed by atoms with van der Waals surface area (Å²) in [5.41, 5.74) is 18.8. The summed E-state index contributed by atoms with van der Waals surface area (Å²) < 4.78 is 0. The molecule has 0 fully saturated rings. The van der Waals surface area contributed by atoms with E-state index in [0.29, 0.717) is 5.92 Å². The van der Waals surface area contributed by atoms with Crippen molar-refractivity contribution in [3.63, 3.8) is 0 Å². The SMILES string of the molecule is c1ccc(CCC2c3ccccc3C3(c4ccccc4-c4ccc(-c5ccc(-c6c7ccccc7c(-c7ccccc7)c7ccccc67)cn5)cc43)c3ccccc32)cc1. The fourth-order valence-electron chi connectivity index (χ4n) is 11.0. The molecule has 9 aromatic carbocycles. The van der Waals surface area contributed by atoms with Gasteiger partial charge in [-0.25, -0.2) is 0 Å². The van der Waals surface area contributed by atoms with Crippen LogP contribution in [0, 0.1) is 0 Å². The van der Waals surface area contributed by atoms with E-state index < -0.39 is 5.41 Å². The number of fused-ring (bicyclic) bond motifs is 11. The van der Waals surface area contributed by atoms with Gasteiger partial charge in [-0.1, -0.05) is 200 Å². The number of nitrogens with zero attached hydrogens (tertiary/aromatic N) is 1. The summed E-state index contributed by atoms with van der Waals surface area (Å²) in [5, 5.41) is 4.97. The standard InChI is InChI=1S/C59H41N/c1-3-17-39(18-4-1)31-34-43-44-21-11-14-28-52(44)59(53-29-15-12-22-45(43)53)54-30-16-13-23-46(54)47-35-32-41(37-55(47)59)56-36-33-42(38-60-56)58-50-26-9-7-24-48(50)57(40-19-5-2-6-20-40)49-25-8-10-27-51(49)58/h1-30,32-33,35-38,43H,31,34H2. The predicted octanol–water partition coefficient (Wildman–Crippen LogP) is 14.8. The molecule has 0 saturated carbocycles. The smallest absolute Gasteiger partial charge is 0.0719 e. The molecule has 0 saturated heterocycles. The van der Waals surface area contributed by atoms with Crippen LogP contribution in [0.25, 0.3) is 66.2 Å². The van der Waals surface area contributed by atoms with E-state index in [1.54, 1.807) is 0 Å². The molecule has 1 spiro atoms. The molecule has 0 aliphatic heterocycles. The van der Waals surface area contributed by atoms with Gasteiger partial charge in [-0.3, -0.25) is 4.98 Å². The van der Waals surface area contributed by atoms with Crippen LogP contribution >= 0.6 is 0 Å². The summed E-state index contributed by atoms with van der Waals surface area (Å²) in [6, 6.07) is 78.7. The third-order valence-corrected chi connectivity index (χ3v) is 13.4. The average molecular weight is 764 g/mol. The Balaban J connectivity index is 1.01. The molecule has 282 valence electrons. The minimum Gasteiger partial charge on any atom is -0.256 e. The second-order valence-electron chi connectivity index (χ2n) is 16.4. The van der Waals surface area contributed by atoms with E-state index in [1.807, 2.05) is 0 Å². The molecule has 0 N–H and O–H groups in total. The highest BCUT2D eigenvalue weighted by atomic mass is 14.7. The highest BCUT2D eigenvalue weighted by Gasteiger charge is 2.51. The molecule has 0 bridgehead atoms. The first-order chi connectivity index (χ1) is 29.8. The number of aryl methyl sites for hydroxylation is 1. The molecule has 0 radical (unpaired) electrons. The van der Waals surface area contributed by atoms with E-state index in [4.69, 9.17) is 4.98 Å². The van der Waals surface area contributed by atoms with Crippen molar-refractivity contribution in [1.29, 1.82) is 0 Å². The highest BCUT2D eigenvalue weighted by molar-refractivity contribution is 6.21. The fraction of sp³-hybridized carbons (Fsp3) is 0.0678. The molecule has 1 heterocycles.